The lowest BCUT2D eigenvalue weighted by Crippen LogP contribution is -2.42. The van der Waals surface area contributed by atoms with Gasteiger partial charge in [0.1, 0.15) is 0 Å². The second kappa shape index (κ2) is 6.13. The van der Waals surface area contributed by atoms with Gasteiger partial charge in [0.15, 0.2) is 0 Å². The van der Waals surface area contributed by atoms with Crippen molar-refractivity contribution in [3.8, 4) is 0 Å². The molecule has 0 N–H and O–H groups in total. The zero-order chi connectivity index (χ0) is 15.6. The third-order valence-corrected chi connectivity index (χ3v) is 5.00. The van der Waals surface area contributed by atoms with Crippen molar-refractivity contribution in [2.24, 2.45) is 17.3 Å². The molecule has 1 aliphatic rings. The molecule has 20 heavy (non-hydrogen) atoms. The molecule has 0 amide bonds. The van der Waals surface area contributed by atoms with Gasteiger partial charge in [-0.05, 0) is 18.3 Å². The number of hydrogen-bond donors (Lipinski definition) is 0. The molecular formula is C12H22O6S2. The Morgan fingerprint density at radius 2 is 1.70 bits per heavy atom. The van der Waals surface area contributed by atoms with E-state index in [0.29, 0.717) is 6.42 Å². The van der Waals surface area contributed by atoms with Crippen LogP contribution in [0.25, 0.3) is 0 Å². The van der Waals surface area contributed by atoms with Gasteiger partial charge in [0, 0.05) is 5.41 Å². The molecule has 0 heterocycles. The average Bonchev–Trinajstić information content (AvgIpc) is 2.27. The highest BCUT2D eigenvalue weighted by molar-refractivity contribution is 7.86. The summed E-state index contributed by atoms with van der Waals surface area (Å²) in [5, 5.41) is 0. The predicted octanol–water partition coefficient (Wildman–Crippen LogP) is 1.16. The van der Waals surface area contributed by atoms with Gasteiger partial charge in [-0.15, -0.1) is 0 Å². The average molecular weight is 326 g/mol. The first-order chi connectivity index (χ1) is 8.94. The van der Waals surface area contributed by atoms with Crippen LogP contribution in [0.1, 0.15) is 20.3 Å². The maximum absolute atomic E-state index is 11.2. The van der Waals surface area contributed by atoms with Crippen molar-refractivity contribution >= 4 is 20.2 Å². The van der Waals surface area contributed by atoms with Gasteiger partial charge in [-0.25, -0.2) is 0 Å². The molecule has 3 atom stereocenters. The van der Waals surface area contributed by atoms with Crippen molar-refractivity contribution in [3.63, 3.8) is 0 Å². The second-order valence-electron chi connectivity index (χ2n) is 5.61. The Morgan fingerprint density at radius 1 is 1.15 bits per heavy atom. The van der Waals surface area contributed by atoms with E-state index in [2.05, 4.69) is 0 Å². The zero-order valence-corrected chi connectivity index (χ0v) is 13.8. The molecular weight excluding hydrogens is 304 g/mol. The summed E-state index contributed by atoms with van der Waals surface area (Å²) in [6.07, 6.45) is 6.58. The number of allylic oxidation sites excluding steroid dienone is 2. The quantitative estimate of drug-likeness (QED) is 0.538. The van der Waals surface area contributed by atoms with Gasteiger partial charge >= 0.3 is 0 Å². The zero-order valence-electron chi connectivity index (χ0n) is 12.2. The summed E-state index contributed by atoms with van der Waals surface area (Å²) in [5.41, 5.74) is -0.498. The minimum absolute atomic E-state index is 0.00906. The molecule has 0 fully saturated rings. The van der Waals surface area contributed by atoms with Crippen LogP contribution in [0.2, 0.25) is 0 Å². The summed E-state index contributed by atoms with van der Waals surface area (Å²) in [7, 11) is -7.05. The molecule has 6 nitrogen and oxygen atoms in total. The molecule has 0 saturated heterocycles. The van der Waals surface area contributed by atoms with Crippen LogP contribution in [0, 0.1) is 17.3 Å². The Labute approximate surface area is 121 Å². The van der Waals surface area contributed by atoms with Crippen LogP contribution in [0.3, 0.4) is 0 Å². The fourth-order valence-electron chi connectivity index (χ4n) is 2.26. The van der Waals surface area contributed by atoms with Crippen LogP contribution in [-0.4, -0.2) is 42.6 Å². The molecule has 3 unspecified atom stereocenters. The molecule has 0 spiro atoms. The van der Waals surface area contributed by atoms with Crippen LogP contribution in [-0.2, 0) is 28.6 Å². The highest BCUT2D eigenvalue weighted by atomic mass is 32.2. The van der Waals surface area contributed by atoms with Crippen molar-refractivity contribution < 1.29 is 25.2 Å². The topological polar surface area (TPSA) is 86.7 Å². The lowest BCUT2D eigenvalue weighted by molar-refractivity contribution is 0.0286. The van der Waals surface area contributed by atoms with E-state index in [4.69, 9.17) is 8.37 Å². The third kappa shape index (κ3) is 5.16. The lowest BCUT2D eigenvalue weighted by atomic mass is 9.65. The Kier molecular flexibility index (Phi) is 5.40. The Balaban J connectivity index is 2.87. The van der Waals surface area contributed by atoms with Gasteiger partial charge in [-0.3, -0.25) is 8.37 Å². The standard InChI is InChI=1S/C12H22O6S2/c1-10-6-5-7-11(8-17-19(3,13)14)12(10,2)9-18-20(4,15)16/h5-6,10-11H,7-9H2,1-4H3. The number of rotatable bonds is 6. The fourth-order valence-corrected chi connectivity index (χ4v) is 3.13. The van der Waals surface area contributed by atoms with E-state index >= 15 is 0 Å². The molecule has 0 aromatic carbocycles. The molecule has 0 saturated carbocycles. The first kappa shape index (κ1) is 17.6. The van der Waals surface area contributed by atoms with E-state index in [1.807, 2.05) is 26.0 Å². The minimum Gasteiger partial charge on any atom is -0.270 e. The van der Waals surface area contributed by atoms with E-state index in [1.165, 1.54) is 0 Å². The van der Waals surface area contributed by atoms with Gasteiger partial charge in [-0.1, -0.05) is 26.0 Å². The summed E-state index contributed by atoms with van der Waals surface area (Å²) in [4.78, 5) is 0. The maximum Gasteiger partial charge on any atom is 0.264 e. The smallest absolute Gasteiger partial charge is 0.264 e. The fraction of sp³-hybridized carbons (Fsp3) is 0.833. The van der Waals surface area contributed by atoms with Crippen LogP contribution >= 0.6 is 0 Å². The number of hydrogen-bond acceptors (Lipinski definition) is 6. The molecule has 0 bridgehead atoms. The van der Waals surface area contributed by atoms with Gasteiger partial charge in [-0.2, -0.15) is 16.8 Å². The van der Waals surface area contributed by atoms with Crippen molar-refractivity contribution in [3.05, 3.63) is 12.2 Å². The van der Waals surface area contributed by atoms with Crippen molar-refractivity contribution in [2.75, 3.05) is 25.7 Å². The first-order valence-corrected chi connectivity index (χ1v) is 9.93. The predicted molar refractivity (Wildman–Crippen MR) is 76.1 cm³/mol. The second-order valence-corrected chi connectivity index (χ2v) is 8.90. The summed E-state index contributed by atoms with van der Waals surface area (Å²) < 4.78 is 54.4. The third-order valence-electron chi connectivity index (χ3n) is 3.89. The van der Waals surface area contributed by atoms with Gasteiger partial charge in [0.2, 0.25) is 0 Å². The highest BCUT2D eigenvalue weighted by Crippen LogP contribution is 2.42. The van der Waals surface area contributed by atoms with Crippen molar-refractivity contribution in [1.29, 1.82) is 0 Å². The Hall–Kier alpha value is -0.440. The molecule has 0 radical (unpaired) electrons. The Morgan fingerprint density at radius 3 is 2.20 bits per heavy atom. The minimum atomic E-state index is -3.53. The van der Waals surface area contributed by atoms with E-state index in [9.17, 15) is 16.8 Å². The van der Waals surface area contributed by atoms with Crippen LogP contribution in [0.4, 0.5) is 0 Å². The molecule has 1 aliphatic carbocycles. The van der Waals surface area contributed by atoms with Crippen LogP contribution < -0.4 is 0 Å². The summed E-state index contributed by atoms with van der Waals surface area (Å²) in [6.45, 7) is 3.88. The van der Waals surface area contributed by atoms with Gasteiger partial charge in [0.05, 0.1) is 25.7 Å². The Bertz CT molecular complexity index is 563. The summed E-state index contributed by atoms with van der Waals surface area (Å²) in [5.74, 6) is -0.0647. The largest absolute Gasteiger partial charge is 0.270 e. The van der Waals surface area contributed by atoms with E-state index in [-0.39, 0.29) is 25.0 Å². The van der Waals surface area contributed by atoms with E-state index in [0.717, 1.165) is 12.5 Å². The highest BCUT2D eigenvalue weighted by Gasteiger charge is 2.41. The molecule has 1 rings (SSSR count). The van der Waals surface area contributed by atoms with Crippen LogP contribution in [0.5, 0.6) is 0 Å². The monoisotopic (exact) mass is 326 g/mol. The van der Waals surface area contributed by atoms with E-state index in [1.54, 1.807) is 0 Å². The van der Waals surface area contributed by atoms with Gasteiger partial charge < -0.3 is 0 Å². The molecule has 118 valence electrons. The molecule has 0 aromatic heterocycles. The van der Waals surface area contributed by atoms with Crippen molar-refractivity contribution in [2.45, 2.75) is 20.3 Å². The first-order valence-electron chi connectivity index (χ1n) is 6.29. The normalized spacial score (nSPS) is 31.4. The summed E-state index contributed by atoms with van der Waals surface area (Å²) in [6, 6.07) is 0. The van der Waals surface area contributed by atoms with Crippen LogP contribution in [0.15, 0.2) is 12.2 Å². The lowest BCUT2D eigenvalue weighted by Gasteiger charge is -2.42. The maximum atomic E-state index is 11.2. The summed E-state index contributed by atoms with van der Waals surface area (Å²) >= 11 is 0. The SMILES string of the molecule is CC1C=CCC(COS(C)(=O)=O)C1(C)COS(C)(=O)=O. The van der Waals surface area contributed by atoms with Crippen molar-refractivity contribution in [1.82, 2.24) is 0 Å². The molecule has 0 aromatic rings. The van der Waals surface area contributed by atoms with Gasteiger partial charge in [0.25, 0.3) is 20.2 Å². The molecule has 0 aliphatic heterocycles. The van der Waals surface area contributed by atoms with E-state index < -0.39 is 25.7 Å². The molecule has 8 heteroatoms.